The fourth-order valence-corrected chi connectivity index (χ4v) is 4.85. The average molecular weight is 534 g/mol. The van der Waals surface area contributed by atoms with E-state index in [1.54, 1.807) is 49.5 Å². The molecule has 5 rings (SSSR count). The van der Waals surface area contributed by atoms with Crippen molar-refractivity contribution >= 4 is 35.1 Å². The highest BCUT2D eigenvalue weighted by atomic mass is 19.1. The number of ether oxygens (including phenoxy) is 1. The Morgan fingerprint density at radius 2 is 1.92 bits per heavy atom. The third kappa shape index (κ3) is 5.55. The summed E-state index contributed by atoms with van der Waals surface area (Å²) in [5, 5.41) is 5.80. The van der Waals surface area contributed by atoms with Crippen LogP contribution >= 0.6 is 0 Å². The smallest absolute Gasteiger partial charge is 0.330 e. The Bertz CT molecular complexity index is 1390. The number of hydrogen-bond acceptors (Lipinski definition) is 7. The van der Waals surface area contributed by atoms with Crippen LogP contribution in [0.1, 0.15) is 32.6 Å². The number of nitrogens with zero attached hydrogens (tertiary/aromatic N) is 5. The van der Waals surface area contributed by atoms with Crippen LogP contribution in [0, 0.1) is 6.92 Å². The van der Waals surface area contributed by atoms with E-state index in [1.807, 2.05) is 19.1 Å². The van der Waals surface area contributed by atoms with E-state index >= 15 is 0 Å². The molecule has 0 radical (unpaired) electrons. The largest absolute Gasteiger partial charge is 0.379 e. The zero-order valence-corrected chi connectivity index (χ0v) is 22.3. The number of hydrogen-bond donors (Lipinski definition) is 2. The van der Waals surface area contributed by atoms with Crippen molar-refractivity contribution in [1.29, 1.82) is 0 Å². The van der Waals surface area contributed by atoms with E-state index < -0.39 is 6.67 Å². The predicted octanol–water partition coefficient (Wildman–Crippen LogP) is 3.96. The Morgan fingerprint density at radius 3 is 2.67 bits per heavy atom. The maximum atomic E-state index is 13.9. The Labute approximate surface area is 226 Å². The van der Waals surface area contributed by atoms with Crippen molar-refractivity contribution in [2.75, 3.05) is 60.8 Å². The average Bonchev–Trinajstić information content (AvgIpc) is 2.96. The Kier molecular flexibility index (Phi) is 7.71. The predicted molar refractivity (Wildman–Crippen MR) is 148 cm³/mol. The van der Waals surface area contributed by atoms with E-state index in [2.05, 4.69) is 25.5 Å². The zero-order chi connectivity index (χ0) is 27.5. The van der Waals surface area contributed by atoms with Crippen LogP contribution in [0.4, 0.5) is 32.3 Å². The monoisotopic (exact) mass is 533 g/mol. The molecule has 0 atom stereocenters. The van der Waals surface area contributed by atoms with E-state index in [4.69, 9.17) is 4.74 Å². The number of amides is 3. The summed E-state index contributed by atoms with van der Waals surface area (Å²) < 4.78 is 19.3. The molecular weight excluding hydrogens is 501 g/mol. The molecule has 0 unspecified atom stereocenters. The molecule has 1 saturated heterocycles. The number of rotatable bonds is 7. The van der Waals surface area contributed by atoms with Crippen LogP contribution in [-0.4, -0.2) is 67.2 Å². The summed E-state index contributed by atoms with van der Waals surface area (Å²) in [5.74, 6) is 0.643. The second kappa shape index (κ2) is 11.3. The van der Waals surface area contributed by atoms with Gasteiger partial charge in [-0.25, -0.2) is 14.2 Å². The van der Waals surface area contributed by atoms with Gasteiger partial charge in [0, 0.05) is 56.7 Å². The van der Waals surface area contributed by atoms with Crippen molar-refractivity contribution in [2.24, 2.45) is 0 Å². The number of nitrogens with one attached hydrogen (secondary N) is 2. The van der Waals surface area contributed by atoms with E-state index in [-0.39, 0.29) is 11.9 Å². The zero-order valence-electron chi connectivity index (χ0n) is 22.3. The minimum absolute atomic E-state index is 0.238. The second-order valence-electron chi connectivity index (χ2n) is 9.68. The first-order valence-electron chi connectivity index (χ1n) is 12.9. The van der Waals surface area contributed by atoms with Gasteiger partial charge < -0.3 is 15.4 Å². The maximum Gasteiger partial charge on any atom is 0.330 e. The lowest BCUT2D eigenvalue weighted by molar-refractivity contribution is 0.0340. The summed E-state index contributed by atoms with van der Waals surface area (Å²) in [6, 6.07) is 10.3. The highest BCUT2D eigenvalue weighted by molar-refractivity contribution is 6.07. The van der Waals surface area contributed by atoms with Crippen molar-refractivity contribution < 1.29 is 18.7 Å². The van der Waals surface area contributed by atoms with Crippen LogP contribution in [0.15, 0.2) is 42.6 Å². The summed E-state index contributed by atoms with van der Waals surface area (Å²) >= 11 is 0. The molecule has 39 heavy (non-hydrogen) atoms. The van der Waals surface area contributed by atoms with Gasteiger partial charge in [0.05, 0.1) is 25.4 Å². The number of morpholine rings is 1. The van der Waals surface area contributed by atoms with Gasteiger partial charge in [-0.3, -0.25) is 19.5 Å². The van der Waals surface area contributed by atoms with Crippen molar-refractivity contribution in [2.45, 2.75) is 26.7 Å². The topological polar surface area (TPSA) is 103 Å². The summed E-state index contributed by atoms with van der Waals surface area (Å²) in [5.41, 5.74) is 4.62. The summed E-state index contributed by atoms with van der Waals surface area (Å²) in [6.45, 7) is 5.11. The van der Waals surface area contributed by atoms with E-state index in [0.717, 1.165) is 29.8 Å². The normalized spacial score (nSPS) is 15.7. The van der Waals surface area contributed by atoms with Crippen molar-refractivity contribution in [1.82, 2.24) is 14.9 Å². The molecule has 2 aromatic carbocycles. The van der Waals surface area contributed by atoms with Crippen LogP contribution in [-0.2, 0) is 24.5 Å². The van der Waals surface area contributed by atoms with Gasteiger partial charge in [0.1, 0.15) is 12.5 Å². The maximum absolute atomic E-state index is 13.9. The number of halogens is 1. The molecule has 10 nitrogen and oxygen atoms in total. The molecule has 204 valence electrons. The fourth-order valence-electron chi connectivity index (χ4n) is 4.85. The molecule has 2 N–H and O–H groups in total. The number of anilines is 4. The number of benzene rings is 2. The molecule has 0 aliphatic carbocycles. The molecule has 0 spiro atoms. The summed E-state index contributed by atoms with van der Waals surface area (Å²) in [6.07, 6.45) is 1.70. The number of carbonyl (C=O) groups excluding carboxylic acids is 2. The highest BCUT2D eigenvalue weighted by Crippen LogP contribution is 2.33. The number of alkyl halides is 1. The Balaban J connectivity index is 1.34. The van der Waals surface area contributed by atoms with Crippen LogP contribution in [0.3, 0.4) is 0 Å². The first-order valence-corrected chi connectivity index (χ1v) is 12.9. The summed E-state index contributed by atoms with van der Waals surface area (Å²) in [4.78, 5) is 40.5. The third-order valence-corrected chi connectivity index (χ3v) is 7.10. The number of fused-ring (bicyclic) bond motifs is 1. The van der Waals surface area contributed by atoms with Crippen LogP contribution < -0.4 is 20.4 Å². The lowest BCUT2D eigenvalue weighted by atomic mass is 10.0. The molecule has 0 bridgehead atoms. The van der Waals surface area contributed by atoms with Gasteiger partial charge in [-0.05, 0) is 47.9 Å². The van der Waals surface area contributed by atoms with Gasteiger partial charge in [-0.1, -0.05) is 12.1 Å². The van der Waals surface area contributed by atoms with Gasteiger partial charge in [0.25, 0.3) is 5.91 Å². The van der Waals surface area contributed by atoms with Crippen molar-refractivity contribution in [3.8, 4) is 0 Å². The standard InChI is InChI=1S/C28H32FN7O3/c1-18-4-7-23(13-24(18)36-17-22-15-31-27(30-2)33-25(22)34(3)28(36)38)32-26(37)19-5-6-20(21(12-19)14-29)16-35-8-10-39-11-9-35/h4-7,12-13,15H,8-11,14,16-17H2,1-3H3,(H,32,37)(H,30,31,33). The molecule has 3 heterocycles. The molecule has 2 aliphatic heterocycles. The molecule has 3 amide bonds. The lowest BCUT2D eigenvalue weighted by Gasteiger charge is -2.35. The molecule has 2 aliphatic rings. The molecule has 11 heteroatoms. The third-order valence-electron chi connectivity index (χ3n) is 7.10. The minimum atomic E-state index is -0.652. The number of aromatic nitrogens is 2. The number of carbonyl (C=O) groups is 2. The Hall–Kier alpha value is -4.09. The fraction of sp³-hybridized carbons (Fsp3) is 0.357. The van der Waals surface area contributed by atoms with Crippen LogP contribution in [0.25, 0.3) is 0 Å². The molecule has 0 saturated carbocycles. The highest BCUT2D eigenvalue weighted by Gasteiger charge is 2.31. The van der Waals surface area contributed by atoms with E-state index in [9.17, 15) is 14.0 Å². The first kappa shape index (κ1) is 26.5. The van der Waals surface area contributed by atoms with Gasteiger partial charge in [-0.15, -0.1) is 0 Å². The number of aryl methyl sites for hydroxylation is 1. The second-order valence-corrected chi connectivity index (χ2v) is 9.68. The van der Waals surface area contributed by atoms with Crippen molar-refractivity contribution in [3.63, 3.8) is 0 Å². The van der Waals surface area contributed by atoms with E-state index in [1.165, 1.54) is 4.90 Å². The quantitative estimate of drug-likeness (QED) is 0.474. The van der Waals surface area contributed by atoms with Gasteiger partial charge in [0.15, 0.2) is 0 Å². The summed E-state index contributed by atoms with van der Waals surface area (Å²) in [7, 11) is 3.39. The first-order chi connectivity index (χ1) is 18.9. The molecule has 3 aromatic rings. The molecule has 1 aromatic heterocycles. The minimum Gasteiger partial charge on any atom is -0.379 e. The van der Waals surface area contributed by atoms with Crippen LogP contribution in [0.5, 0.6) is 0 Å². The van der Waals surface area contributed by atoms with Gasteiger partial charge in [0.2, 0.25) is 5.95 Å². The SMILES string of the molecule is CNc1ncc2c(n1)N(C)C(=O)N(c1cc(NC(=O)c3ccc(CN4CCOCC4)c(CF)c3)ccc1C)C2. The molecule has 1 fully saturated rings. The van der Waals surface area contributed by atoms with Crippen LogP contribution in [0.2, 0.25) is 0 Å². The molecular formula is C28H32FN7O3. The van der Waals surface area contributed by atoms with Crippen molar-refractivity contribution in [3.05, 3.63) is 70.4 Å². The Morgan fingerprint density at radius 1 is 1.13 bits per heavy atom. The van der Waals surface area contributed by atoms with Gasteiger partial charge >= 0.3 is 6.03 Å². The lowest BCUT2D eigenvalue weighted by Crippen LogP contribution is -2.46. The number of urea groups is 1. The van der Waals surface area contributed by atoms with Gasteiger partial charge in [-0.2, -0.15) is 4.98 Å². The van der Waals surface area contributed by atoms with E-state index in [0.29, 0.717) is 60.6 Å².